The van der Waals surface area contributed by atoms with Crippen LogP contribution in [0.4, 0.5) is 0 Å². The fourth-order valence-electron chi connectivity index (χ4n) is 0.935. The van der Waals surface area contributed by atoms with E-state index in [1.54, 1.807) is 18.2 Å². The first-order valence-electron chi connectivity index (χ1n) is 4.36. The number of halogens is 2. The minimum atomic E-state index is -0.493. The number of nitrogens with two attached hydrogens (primary N) is 1. The number of rotatable bonds is 4. The second kappa shape index (κ2) is 5.82. The van der Waals surface area contributed by atoms with Gasteiger partial charge in [-0.25, -0.2) is 0 Å². The van der Waals surface area contributed by atoms with E-state index in [2.05, 4.69) is 0 Å². The van der Waals surface area contributed by atoms with Crippen LogP contribution in [0, 0.1) is 11.3 Å². The molecule has 1 unspecified atom stereocenters. The molecule has 0 saturated heterocycles. The highest BCUT2D eigenvalue weighted by Gasteiger charge is 2.02. The summed E-state index contributed by atoms with van der Waals surface area (Å²) in [5.41, 5.74) is 5.40. The third-order valence-electron chi connectivity index (χ3n) is 1.75. The average molecular weight is 245 g/mol. The number of nitrogens with zero attached hydrogens (tertiary/aromatic N) is 1. The van der Waals surface area contributed by atoms with Crippen molar-refractivity contribution in [2.24, 2.45) is 5.73 Å². The maximum absolute atomic E-state index is 8.44. The molecule has 0 aliphatic heterocycles. The van der Waals surface area contributed by atoms with Crippen molar-refractivity contribution in [2.75, 3.05) is 6.61 Å². The number of hydrogen-bond acceptors (Lipinski definition) is 3. The monoisotopic (exact) mass is 244 g/mol. The summed E-state index contributed by atoms with van der Waals surface area (Å²) in [6.45, 7) is 0.382. The fourth-order valence-corrected chi connectivity index (χ4v) is 1.22. The fraction of sp³-hybridized carbons (Fsp3) is 0.300. The normalized spacial score (nSPS) is 11.9. The van der Waals surface area contributed by atoms with Crippen molar-refractivity contribution in [3.8, 4) is 11.8 Å². The number of ether oxygens (including phenoxy) is 1. The van der Waals surface area contributed by atoms with Crippen LogP contribution < -0.4 is 10.5 Å². The Labute approximate surface area is 98.3 Å². The Hall–Kier alpha value is -0.950. The molecule has 1 rings (SSSR count). The van der Waals surface area contributed by atoms with E-state index in [1.165, 1.54) is 0 Å². The lowest BCUT2D eigenvalue weighted by atomic mass is 10.2. The van der Waals surface area contributed by atoms with Gasteiger partial charge in [0.1, 0.15) is 5.75 Å². The second-order valence-electron chi connectivity index (χ2n) is 2.95. The molecule has 0 saturated carbocycles. The molecule has 0 aromatic heterocycles. The smallest absolute Gasteiger partial charge is 0.120 e. The van der Waals surface area contributed by atoms with E-state index >= 15 is 0 Å². The van der Waals surface area contributed by atoms with Gasteiger partial charge in [0.2, 0.25) is 0 Å². The second-order valence-corrected chi connectivity index (χ2v) is 3.76. The third-order valence-corrected chi connectivity index (χ3v) is 2.49. The Morgan fingerprint density at radius 2 is 2.13 bits per heavy atom. The first kappa shape index (κ1) is 12.1. The van der Waals surface area contributed by atoms with Crippen molar-refractivity contribution in [3.63, 3.8) is 0 Å². The molecule has 2 N–H and O–H groups in total. The molecule has 1 aromatic carbocycles. The Balaban J connectivity index is 2.45. The quantitative estimate of drug-likeness (QED) is 0.886. The van der Waals surface area contributed by atoms with Gasteiger partial charge >= 0.3 is 0 Å². The molecular weight excluding hydrogens is 235 g/mol. The molecular formula is C10H10Cl2N2O. The van der Waals surface area contributed by atoms with Gasteiger partial charge in [0.05, 0.1) is 28.8 Å². The molecule has 80 valence electrons. The van der Waals surface area contributed by atoms with Crippen molar-refractivity contribution in [1.82, 2.24) is 0 Å². The summed E-state index contributed by atoms with van der Waals surface area (Å²) in [7, 11) is 0. The number of hydrogen-bond donors (Lipinski definition) is 1. The Kier molecular flexibility index (Phi) is 4.70. The summed E-state index contributed by atoms with van der Waals surface area (Å²) >= 11 is 11.5. The van der Waals surface area contributed by atoms with Crippen molar-refractivity contribution >= 4 is 23.2 Å². The largest absolute Gasteiger partial charge is 0.493 e. The molecule has 0 spiro atoms. The summed E-state index contributed by atoms with van der Waals surface area (Å²) < 4.78 is 5.34. The van der Waals surface area contributed by atoms with Crippen LogP contribution in [0.3, 0.4) is 0 Å². The molecule has 0 aliphatic rings. The summed E-state index contributed by atoms with van der Waals surface area (Å²) in [6, 6.07) is 6.43. The predicted molar refractivity (Wildman–Crippen MR) is 60.2 cm³/mol. The van der Waals surface area contributed by atoms with E-state index in [0.29, 0.717) is 28.8 Å². The highest BCUT2D eigenvalue weighted by Crippen LogP contribution is 2.26. The van der Waals surface area contributed by atoms with Crippen molar-refractivity contribution < 1.29 is 4.74 Å². The summed E-state index contributed by atoms with van der Waals surface area (Å²) in [4.78, 5) is 0. The molecule has 0 heterocycles. The molecule has 1 aromatic rings. The van der Waals surface area contributed by atoms with Crippen LogP contribution in [-0.2, 0) is 0 Å². The first-order valence-corrected chi connectivity index (χ1v) is 5.12. The lowest BCUT2D eigenvalue weighted by Gasteiger charge is -2.07. The van der Waals surface area contributed by atoms with Crippen molar-refractivity contribution in [1.29, 1.82) is 5.26 Å². The van der Waals surface area contributed by atoms with Crippen LogP contribution in [-0.4, -0.2) is 12.6 Å². The highest BCUT2D eigenvalue weighted by molar-refractivity contribution is 6.42. The highest BCUT2D eigenvalue weighted by atomic mass is 35.5. The number of nitriles is 1. The third kappa shape index (κ3) is 3.96. The molecule has 0 bridgehead atoms. The van der Waals surface area contributed by atoms with Gasteiger partial charge in [-0.1, -0.05) is 23.2 Å². The average Bonchev–Trinajstić information content (AvgIpc) is 2.23. The molecule has 5 heteroatoms. The first-order chi connectivity index (χ1) is 7.13. The van der Waals surface area contributed by atoms with E-state index in [9.17, 15) is 0 Å². The Bertz CT molecular complexity index is 376. The molecule has 0 aliphatic carbocycles. The molecule has 3 nitrogen and oxygen atoms in total. The van der Waals surface area contributed by atoms with Crippen LogP contribution in [0.1, 0.15) is 6.42 Å². The summed E-state index contributed by atoms with van der Waals surface area (Å²) in [5.74, 6) is 0.620. The minimum Gasteiger partial charge on any atom is -0.493 e. The summed E-state index contributed by atoms with van der Waals surface area (Å²) in [6.07, 6.45) is 0.483. The van der Waals surface area contributed by atoms with Gasteiger partial charge in [-0.2, -0.15) is 5.26 Å². The number of benzene rings is 1. The minimum absolute atomic E-state index is 0.382. The molecule has 15 heavy (non-hydrogen) atoms. The van der Waals surface area contributed by atoms with E-state index in [1.807, 2.05) is 6.07 Å². The zero-order chi connectivity index (χ0) is 11.3. The Morgan fingerprint density at radius 3 is 2.73 bits per heavy atom. The van der Waals surface area contributed by atoms with E-state index in [4.69, 9.17) is 38.9 Å². The lowest BCUT2D eigenvalue weighted by Crippen LogP contribution is -2.20. The van der Waals surface area contributed by atoms with Crippen LogP contribution in [0.2, 0.25) is 10.0 Å². The predicted octanol–water partition coefficient (Wildman–Crippen LogP) is 2.61. The van der Waals surface area contributed by atoms with Crippen LogP contribution in [0.5, 0.6) is 5.75 Å². The molecule has 0 fully saturated rings. The van der Waals surface area contributed by atoms with Crippen LogP contribution >= 0.6 is 23.2 Å². The maximum Gasteiger partial charge on any atom is 0.120 e. The van der Waals surface area contributed by atoms with Gasteiger partial charge in [0.25, 0.3) is 0 Å². The standard InChI is InChI=1S/C10H10Cl2N2O/c11-9-2-1-8(5-10(9)12)15-4-3-7(14)6-13/h1-2,5,7H,3-4,14H2. The molecule has 1 atom stereocenters. The van der Waals surface area contributed by atoms with Gasteiger partial charge in [0, 0.05) is 12.5 Å². The van der Waals surface area contributed by atoms with E-state index < -0.39 is 6.04 Å². The van der Waals surface area contributed by atoms with E-state index in [-0.39, 0.29) is 0 Å². The van der Waals surface area contributed by atoms with Gasteiger partial charge < -0.3 is 10.5 Å². The Morgan fingerprint density at radius 1 is 1.40 bits per heavy atom. The van der Waals surface area contributed by atoms with Gasteiger partial charge in [-0.15, -0.1) is 0 Å². The lowest BCUT2D eigenvalue weighted by molar-refractivity contribution is 0.306. The van der Waals surface area contributed by atoms with Crippen LogP contribution in [0.15, 0.2) is 18.2 Å². The van der Waals surface area contributed by atoms with Gasteiger partial charge in [-0.05, 0) is 12.1 Å². The van der Waals surface area contributed by atoms with Gasteiger partial charge in [-0.3, -0.25) is 0 Å². The molecule has 0 radical (unpaired) electrons. The molecule has 0 amide bonds. The zero-order valence-corrected chi connectivity index (χ0v) is 9.42. The van der Waals surface area contributed by atoms with Crippen molar-refractivity contribution in [3.05, 3.63) is 28.2 Å². The zero-order valence-electron chi connectivity index (χ0n) is 7.91. The SMILES string of the molecule is N#CC(N)CCOc1ccc(Cl)c(Cl)c1. The van der Waals surface area contributed by atoms with E-state index in [0.717, 1.165) is 0 Å². The summed E-state index contributed by atoms with van der Waals surface area (Å²) in [5, 5.41) is 9.37. The maximum atomic E-state index is 8.44. The van der Waals surface area contributed by atoms with Crippen LogP contribution in [0.25, 0.3) is 0 Å². The van der Waals surface area contributed by atoms with Crippen molar-refractivity contribution in [2.45, 2.75) is 12.5 Å². The topological polar surface area (TPSA) is 59.0 Å². The van der Waals surface area contributed by atoms with Gasteiger partial charge in [0.15, 0.2) is 0 Å².